The van der Waals surface area contributed by atoms with Crippen LogP contribution >= 0.6 is 0 Å². The molecular weight excluding hydrogens is 288 g/mol. The van der Waals surface area contributed by atoms with Gasteiger partial charge in [0.05, 0.1) is 25.3 Å². The van der Waals surface area contributed by atoms with Crippen molar-refractivity contribution in [3.63, 3.8) is 0 Å². The second kappa shape index (κ2) is 7.11. The number of carbonyl (C=O) groups excluding carboxylic acids is 3. The van der Waals surface area contributed by atoms with E-state index < -0.39 is 18.2 Å². The molecule has 0 unspecified atom stereocenters. The molecule has 0 spiro atoms. The standard InChI is InChI=1S/C15H20N2O5/c1-3-21-14(19)16-12-6-5-11(9-10-18)13(8-7-12)17(16)15(20)22-4-2/h5-6,9-10,12-13H,3-4,7-8H2,1-2H3/b11-9-/t12-,13-/m0/s1. The summed E-state index contributed by atoms with van der Waals surface area (Å²) < 4.78 is 10.1. The van der Waals surface area contributed by atoms with Crippen LogP contribution in [-0.2, 0) is 14.3 Å². The number of rotatable bonds is 3. The molecule has 22 heavy (non-hydrogen) atoms. The van der Waals surface area contributed by atoms with E-state index in [0.717, 1.165) is 0 Å². The van der Waals surface area contributed by atoms with Crippen molar-refractivity contribution in [2.75, 3.05) is 13.2 Å². The van der Waals surface area contributed by atoms with Crippen molar-refractivity contribution >= 4 is 18.5 Å². The first kappa shape index (κ1) is 16.1. The van der Waals surface area contributed by atoms with E-state index in [1.165, 1.54) is 16.1 Å². The third-order valence-corrected chi connectivity index (χ3v) is 3.64. The van der Waals surface area contributed by atoms with Crippen LogP contribution in [0.2, 0.25) is 0 Å². The van der Waals surface area contributed by atoms with Gasteiger partial charge >= 0.3 is 12.2 Å². The number of carbonyl (C=O) groups is 3. The Morgan fingerprint density at radius 1 is 1.18 bits per heavy atom. The Morgan fingerprint density at radius 2 is 1.82 bits per heavy atom. The first-order valence-electron chi connectivity index (χ1n) is 7.39. The lowest BCUT2D eigenvalue weighted by molar-refractivity contribution is -0.104. The number of amides is 2. The molecule has 1 fully saturated rings. The van der Waals surface area contributed by atoms with Gasteiger partial charge in [0.1, 0.15) is 6.29 Å². The molecule has 0 aromatic rings. The molecule has 2 heterocycles. The number of hydrogen-bond donors (Lipinski definition) is 0. The molecule has 3 aliphatic rings. The number of fused-ring (bicyclic) bond motifs is 3. The van der Waals surface area contributed by atoms with Crippen molar-refractivity contribution in [1.82, 2.24) is 10.0 Å². The van der Waals surface area contributed by atoms with Crippen molar-refractivity contribution in [3.05, 3.63) is 23.8 Å². The Bertz CT molecular complexity index is 514. The molecule has 2 bridgehead atoms. The summed E-state index contributed by atoms with van der Waals surface area (Å²) >= 11 is 0. The van der Waals surface area contributed by atoms with Crippen LogP contribution < -0.4 is 0 Å². The summed E-state index contributed by atoms with van der Waals surface area (Å²) in [5, 5.41) is 2.56. The van der Waals surface area contributed by atoms with Gasteiger partial charge in [-0.15, -0.1) is 0 Å². The average Bonchev–Trinajstić information content (AvgIpc) is 2.78. The van der Waals surface area contributed by atoms with Gasteiger partial charge in [0, 0.05) is 0 Å². The van der Waals surface area contributed by atoms with Crippen LogP contribution in [-0.4, -0.2) is 53.8 Å². The molecule has 0 aromatic carbocycles. The Labute approximate surface area is 129 Å². The maximum atomic E-state index is 12.3. The first-order valence-corrected chi connectivity index (χ1v) is 7.39. The second-order valence-electron chi connectivity index (χ2n) is 4.91. The highest BCUT2D eigenvalue weighted by Gasteiger charge is 2.44. The van der Waals surface area contributed by atoms with E-state index in [1.54, 1.807) is 19.9 Å². The first-order chi connectivity index (χ1) is 10.6. The van der Waals surface area contributed by atoms with Crippen LogP contribution in [0.5, 0.6) is 0 Å². The Kier molecular flexibility index (Phi) is 5.19. The molecule has 0 aromatic heterocycles. The Morgan fingerprint density at radius 3 is 2.41 bits per heavy atom. The highest BCUT2D eigenvalue weighted by atomic mass is 16.6. The maximum Gasteiger partial charge on any atom is 0.429 e. The summed E-state index contributed by atoms with van der Waals surface area (Å²) in [5.74, 6) is 0. The van der Waals surface area contributed by atoms with E-state index in [9.17, 15) is 14.4 Å². The van der Waals surface area contributed by atoms with Gasteiger partial charge in [-0.25, -0.2) is 19.6 Å². The lowest BCUT2D eigenvalue weighted by Gasteiger charge is -2.44. The summed E-state index contributed by atoms with van der Waals surface area (Å²) in [6, 6.07) is -0.707. The van der Waals surface area contributed by atoms with Gasteiger partial charge in [0.15, 0.2) is 0 Å². The molecule has 1 saturated heterocycles. The molecule has 0 saturated carbocycles. The van der Waals surface area contributed by atoms with Crippen molar-refractivity contribution in [2.24, 2.45) is 0 Å². The van der Waals surface area contributed by atoms with E-state index in [-0.39, 0.29) is 19.3 Å². The zero-order chi connectivity index (χ0) is 16.1. The molecule has 3 rings (SSSR count). The van der Waals surface area contributed by atoms with Crippen LogP contribution in [0.15, 0.2) is 23.8 Å². The van der Waals surface area contributed by atoms with E-state index in [0.29, 0.717) is 24.7 Å². The molecule has 7 heteroatoms. The number of hydrogen-bond acceptors (Lipinski definition) is 5. The van der Waals surface area contributed by atoms with Gasteiger partial charge in [0.25, 0.3) is 0 Å². The molecule has 0 N–H and O–H groups in total. The Hall–Kier alpha value is -2.31. The monoisotopic (exact) mass is 308 g/mol. The smallest absolute Gasteiger partial charge is 0.429 e. The minimum absolute atomic E-state index is 0.198. The topological polar surface area (TPSA) is 76.2 Å². The third-order valence-electron chi connectivity index (χ3n) is 3.64. The molecule has 120 valence electrons. The molecular formula is C15H20N2O5. The molecule has 1 aliphatic carbocycles. The van der Waals surface area contributed by atoms with Gasteiger partial charge in [-0.05, 0) is 38.3 Å². The summed E-state index contributed by atoms with van der Waals surface area (Å²) in [5.41, 5.74) is 0.678. The van der Waals surface area contributed by atoms with E-state index in [1.807, 2.05) is 6.08 Å². The zero-order valence-electron chi connectivity index (χ0n) is 12.7. The molecule has 2 aliphatic heterocycles. The highest BCUT2D eigenvalue weighted by molar-refractivity contribution is 5.77. The molecule has 2 atom stereocenters. The van der Waals surface area contributed by atoms with Crippen molar-refractivity contribution in [1.29, 1.82) is 0 Å². The lowest BCUT2D eigenvalue weighted by atomic mass is 10.00. The van der Waals surface area contributed by atoms with E-state index in [2.05, 4.69) is 0 Å². The molecule has 7 nitrogen and oxygen atoms in total. The van der Waals surface area contributed by atoms with Crippen LogP contribution in [0, 0.1) is 0 Å². The average molecular weight is 308 g/mol. The summed E-state index contributed by atoms with van der Waals surface area (Å²) in [6.07, 6.45) is 5.79. The SMILES string of the molecule is CCOC(=O)N1[C@H]2C=C/C(=C/C=O)[C@H](CC2)N1C(=O)OCC. The van der Waals surface area contributed by atoms with Gasteiger partial charge in [-0.2, -0.15) is 0 Å². The predicted molar refractivity (Wildman–Crippen MR) is 77.8 cm³/mol. The highest BCUT2D eigenvalue weighted by Crippen LogP contribution is 2.34. The van der Waals surface area contributed by atoms with Gasteiger partial charge in [0.2, 0.25) is 0 Å². The largest absolute Gasteiger partial charge is 0.448 e. The quantitative estimate of drug-likeness (QED) is 0.589. The summed E-state index contributed by atoms with van der Waals surface area (Å²) in [7, 11) is 0. The fourth-order valence-corrected chi connectivity index (χ4v) is 2.77. The number of allylic oxidation sites excluding steroid dienone is 1. The lowest BCUT2D eigenvalue weighted by Crippen LogP contribution is -2.60. The van der Waals surface area contributed by atoms with Crippen molar-refractivity contribution in [2.45, 2.75) is 38.8 Å². The van der Waals surface area contributed by atoms with Crippen LogP contribution in [0.3, 0.4) is 0 Å². The van der Waals surface area contributed by atoms with Crippen molar-refractivity contribution in [3.8, 4) is 0 Å². The fraction of sp³-hybridized carbons (Fsp3) is 0.533. The number of nitrogens with zero attached hydrogens (tertiary/aromatic N) is 2. The van der Waals surface area contributed by atoms with Gasteiger partial charge in [-0.3, -0.25) is 4.79 Å². The van der Waals surface area contributed by atoms with E-state index in [4.69, 9.17) is 9.47 Å². The van der Waals surface area contributed by atoms with Gasteiger partial charge in [-0.1, -0.05) is 12.2 Å². The second-order valence-corrected chi connectivity index (χ2v) is 4.91. The predicted octanol–water partition coefficient (Wildman–Crippen LogP) is 2.04. The van der Waals surface area contributed by atoms with Gasteiger partial charge < -0.3 is 9.47 Å². The third kappa shape index (κ3) is 2.98. The fourth-order valence-electron chi connectivity index (χ4n) is 2.77. The Balaban J connectivity index is 2.41. The molecule has 0 radical (unpaired) electrons. The van der Waals surface area contributed by atoms with Crippen LogP contribution in [0.25, 0.3) is 0 Å². The van der Waals surface area contributed by atoms with Crippen LogP contribution in [0.1, 0.15) is 26.7 Å². The summed E-state index contributed by atoms with van der Waals surface area (Å²) in [6.45, 7) is 3.81. The zero-order valence-corrected chi connectivity index (χ0v) is 12.7. The number of hydrazine groups is 1. The summed E-state index contributed by atoms with van der Waals surface area (Å²) in [4.78, 5) is 35.4. The minimum atomic E-state index is -0.620. The van der Waals surface area contributed by atoms with Crippen LogP contribution in [0.4, 0.5) is 9.59 Å². The van der Waals surface area contributed by atoms with E-state index >= 15 is 0 Å². The number of ether oxygens (including phenoxy) is 2. The van der Waals surface area contributed by atoms with Crippen molar-refractivity contribution < 1.29 is 23.9 Å². The normalized spacial score (nSPS) is 25.1. The maximum absolute atomic E-state index is 12.3. The molecule has 2 amide bonds. The minimum Gasteiger partial charge on any atom is -0.448 e. The number of aldehydes is 1.